The zero-order valence-electron chi connectivity index (χ0n) is 14.3. The van der Waals surface area contributed by atoms with E-state index in [0.717, 1.165) is 0 Å². The molecule has 2 N–H and O–H groups in total. The normalized spacial score (nSPS) is 10.7. The van der Waals surface area contributed by atoms with Crippen LogP contribution < -0.4 is 15.4 Å². The van der Waals surface area contributed by atoms with E-state index in [-0.39, 0.29) is 18.3 Å². The largest absolute Gasteiger partial charge is 0.435 e. The minimum absolute atomic E-state index is 0.0323. The molecule has 0 unspecified atom stereocenters. The number of carbonyl (C=O) groups excluding carboxylic acids is 2. The Kier molecular flexibility index (Phi) is 7.24. The fraction of sp³-hybridized carbons (Fsp3) is 0.167. The maximum Gasteiger partial charge on any atom is 0.387 e. The predicted molar refractivity (Wildman–Crippen MR) is 95.1 cm³/mol. The van der Waals surface area contributed by atoms with E-state index in [1.807, 2.05) is 0 Å². The molecular weight excluding hydrogens is 360 g/mol. The number of halogens is 2. The molecule has 0 aromatic heterocycles. The second kappa shape index (κ2) is 9.85. The number of hydrogen-bond donors (Lipinski definition) is 2. The lowest BCUT2D eigenvalue weighted by molar-refractivity contribution is -0.120. The van der Waals surface area contributed by atoms with Crippen LogP contribution in [0, 0.1) is 0 Å². The third kappa shape index (κ3) is 6.73. The summed E-state index contributed by atoms with van der Waals surface area (Å²) in [6.07, 6.45) is 1.33. The molecule has 0 bridgehead atoms. The molecule has 2 amide bonds. The molecule has 0 aliphatic carbocycles. The maximum absolute atomic E-state index is 12.0. The fourth-order valence-electron chi connectivity index (χ4n) is 1.98. The summed E-state index contributed by atoms with van der Waals surface area (Å²) in [6.45, 7) is -3.20. The van der Waals surface area contributed by atoms with Crippen molar-refractivity contribution in [3.8, 4) is 5.75 Å². The summed E-state index contributed by atoms with van der Waals surface area (Å²) in [4.78, 5) is 28.1. The number of anilines is 1. The first-order valence-electron chi connectivity index (χ1n) is 7.80. The molecule has 2 aromatic rings. The lowest BCUT2D eigenvalue weighted by Gasteiger charge is -2.05. The van der Waals surface area contributed by atoms with E-state index in [4.69, 9.17) is 4.84 Å². The van der Waals surface area contributed by atoms with Crippen LogP contribution in [-0.2, 0) is 9.63 Å². The molecule has 9 heteroatoms. The van der Waals surface area contributed by atoms with Crippen LogP contribution in [-0.4, -0.2) is 38.3 Å². The third-order valence-corrected chi connectivity index (χ3v) is 3.24. The van der Waals surface area contributed by atoms with Crippen LogP contribution in [0.25, 0.3) is 0 Å². The van der Waals surface area contributed by atoms with Crippen LogP contribution in [0.2, 0.25) is 0 Å². The van der Waals surface area contributed by atoms with E-state index in [1.54, 1.807) is 24.3 Å². The minimum Gasteiger partial charge on any atom is -0.435 e. The summed E-state index contributed by atoms with van der Waals surface area (Å²) in [7, 11) is 1.53. The highest BCUT2D eigenvalue weighted by Gasteiger charge is 2.06. The van der Waals surface area contributed by atoms with Gasteiger partial charge < -0.3 is 20.2 Å². The number of carbonyl (C=O) groups is 2. The molecule has 0 aliphatic rings. The van der Waals surface area contributed by atoms with Crippen molar-refractivity contribution in [3.05, 3.63) is 59.7 Å². The molecular formula is C18H17F2N3O4. The Balaban J connectivity index is 1.76. The van der Waals surface area contributed by atoms with Gasteiger partial charge in [-0.15, -0.1) is 0 Å². The number of benzene rings is 2. The van der Waals surface area contributed by atoms with Gasteiger partial charge >= 0.3 is 6.61 Å². The summed E-state index contributed by atoms with van der Waals surface area (Å²) < 4.78 is 28.3. The maximum atomic E-state index is 12.0. The standard InChI is InChI=1S/C18H17F2N3O4/c1-21-17(25)13-4-6-14(7-5-13)23-16(24)11-26-22-10-12-2-8-15(9-3-12)27-18(19)20/h2-10,18H,11H2,1H3,(H,21,25)(H,23,24)/b22-10+. The lowest BCUT2D eigenvalue weighted by Crippen LogP contribution is -2.19. The zero-order chi connectivity index (χ0) is 19.6. The summed E-state index contributed by atoms with van der Waals surface area (Å²) in [5, 5.41) is 8.73. The first-order chi connectivity index (χ1) is 13.0. The van der Waals surface area contributed by atoms with Crippen molar-refractivity contribution >= 4 is 23.7 Å². The number of nitrogens with zero attached hydrogens (tertiary/aromatic N) is 1. The summed E-state index contributed by atoms with van der Waals surface area (Å²) in [6, 6.07) is 12.1. The zero-order valence-corrected chi connectivity index (χ0v) is 14.3. The Labute approximate surface area is 154 Å². The number of nitrogens with one attached hydrogen (secondary N) is 2. The molecule has 0 fully saturated rings. The van der Waals surface area contributed by atoms with Gasteiger partial charge in [0.1, 0.15) is 5.75 Å². The minimum atomic E-state index is -2.88. The Morgan fingerprint density at radius 3 is 2.37 bits per heavy atom. The molecule has 0 radical (unpaired) electrons. The number of hydrogen-bond acceptors (Lipinski definition) is 5. The van der Waals surface area contributed by atoms with E-state index < -0.39 is 12.5 Å². The van der Waals surface area contributed by atoms with Gasteiger partial charge in [0.2, 0.25) is 0 Å². The van der Waals surface area contributed by atoms with Crippen LogP contribution in [0.5, 0.6) is 5.75 Å². The molecule has 0 saturated heterocycles. The van der Waals surface area contributed by atoms with Crippen LogP contribution in [0.15, 0.2) is 53.7 Å². The van der Waals surface area contributed by atoms with E-state index >= 15 is 0 Å². The molecule has 0 saturated carbocycles. The highest BCUT2D eigenvalue weighted by molar-refractivity contribution is 5.95. The smallest absolute Gasteiger partial charge is 0.387 e. The first kappa shape index (κ1) is 19.8. The van der Waals surface area contributed by atoms with Gasteiger partial charge in [-0.05, 0) is 54.1 Å². The average Bonchev–Trinajstić information content (AvgIpc) is 2.66. The Hall–Kier alpha value is -3.49. The van der Waals surface area contributed by atoms with Gasteiger partial charge in [-0.25, -0.2) is 0 Å². The summed E-state index contributed by atoms with van der Waals surface area (Å²) >= 11 is 0. The average molecular weight is 377 g/mol. The number of rotatable bonds is 8. The predicted octanol–water partition coefficient (Wildman–Crippen LogP) is 2.64. The molecule has 2 aromatic carbocycles. The molecule has 7 nitrogen and oxygen atoms in total. The van der Waals surface area contributed by atoms with Crippen molar-refractivity contribution in [2.75, 3.05) is 19.0 Å². The van der Waals surface area contributed by atoms with Gasteiger partial charge in [0.25, 0.3) is 11.8 Å². The van der Waals surface area contributed by atoms with E-state index in [0.29, 0.717) is 16.8 Å². The summed E-state index contributed by atoms with van der Waals surface area (Å²) in [5.74, 6) is -0.621. The van der Waals surface area contributed by atoms with Crippen LogP contribution >= 0.6 is 0 Å². The number of alkyl halides is 2. The van der Waals surface area contributed by atoms with Crippen molar-refractivity contribution in [1.29, 1.82) is 0 Å². The van der Waals surface area contributed by atoms with Crippen molar-refractivity contribution in [1.82, 2.24) is 5.32 Å². The quantitative estimate of drug-likeness (QED) is 0.547. The summed E-state index contributed by atoms with van der Waals surface area (Å²) in [5.41, 5.74) is 1.57. The lowest BCUT2D eigenvalue weighted by atomic mass is 10.2. The van der Waals surface area contributed by atoms with Crippen molar-refractivity contribution < 1.29 is 27.9 Å². The highest BCUT2D eigenvalue weighted by atomic mass is 19.3. The molecule has 2 rings (SSSR count). The SMILES string of the molecule is CNC(=O)c1ccc(NC(=O)CO/N=C/c2ccc(OC(F)F)cc2)cc1. The molecule has 0 atom stereocenters. The number of oxime groups is 1. The van der Waals surface area contributed by atoms with Gasteiger partial charge in [0.15, 0.2) is 6.61 Å². The topological polar surface area (TPSA) is 89.0 Å². The number of amides is 2. The monoisotopic (exact) mass is 377 g/mol. The Morgan fingerprint density at radius 1 is 1.11 bits per heavy atom. The highest BCUT2D eigenvalue weighted by Crippen LogP contribution is 2.14. The van der Waals surface area contributed by atoms with Crippen LogP contribution in [0.3, 0.4) is 0 Å². The van der Waals surface area contributed by atoms with Crippen molar-refractivity contribution in [2.45, 2.75) is 6.61 Å². The molecule has 0 aliphatic heterocycles. The fourth-order valence-corrected chi connectivity index (χ4v) is 1.98. The molecule has 142 valence electrons. The van der Waals surface area contributed by atoms with Crippen LogP contribution in [0.1, 0.15) is 15.9 Å². The van der Waals surface area contributed by atoms with Gasteiger partial charge in [-0.1, -0.05) is 5.16 Å². The van der Waals surface area contributed by atoms with Gasteiger partial charge in [0.05, 0.1) is 6.21 Å². The van der Waals surface area contributed by atoms with Gasteiger partial charge in [-0.2, -0.15) is 8.78 Å². The van der Waals surface area contributed by atoms with Crippen molar-refractivity contribution in [3.63, 3.8) is 0 Å². The Morgan fingerprint density at radius 2 is 1.78 bits per heavy atom. The van der Waals surface area contributed by atoms with Gasteiger partial charge in [-0.3, -0.25) is 9.59 Å². The Bertz CT molecular complexity index is 793. The van der Waals surface area contributed by atoms with E-state index in [2.05, 4.69) is 20.5 Å². The third-order valence-electron chi connectivity index (χ3n) is 3.24. The van der Waals surface area contributed by atoms with Gasteiger partial charge in [0, 0.05) is 18.3 Å². The van der Waals surface area contributed by atoms with E-state index in [1.165, 1.54) is 37.5 Å². The molecule has 0 spiro atoms. The second-order valence-corrected chi connectivity index (χ2v) is 5.16. The first-order valence-corrected chi connectivity index (χ1v) is 7.80. The number of ether oxygens (including phenoxy) is 1. The molecule has 0 heterocycles. The van der Waals surface area contributed by atoms with Crippen molar-refractivity contribution in [2.24, 2.45) is 5.16 Å². The second-order valence-electron chi connectivity index (χ2n) is 5.16. The molecule has 27 heavy (non-hydrogen) atoms. The van der Waals surface area contributed by atoms with E-state index in [9.17, 15) is 18.4 Å². The van der Waals surface area contributed by atoms with Crippen LogP contribution in [0.4, 0.5) is 14.5 Å².